The van der Waals surface area contributed by atoms with Gasteiger partial charge in [-0.2, -0.15) is 0 Å². The molecule has 0 spiro atoms. The van der Waals surface area contributed by atoms with Crippen LogP contribution in [0.4, 0.5) is 5.82 Å². The van der Waals surface area contributed by atoms with E-state index >= 15 is 0 Å². The van der Waals surface area contributed by atoms with Gasteiger partial charge in [0.2, 0.25) is 0 Å². The van der Waals surface area contributed by atoms with Crippen molar-refractivity contribution in [1.82, 2.24) is 15.0 Å². The highest BCUT2D eigenvalue weighted by atomic mass is 35.5. The lowest BCUT2D eigenvalue weighted by Gasteiger charge is -2.13. The van der Waals surface area contributed by atoms with Crippen LogP contribution in [0.15, 0.2) is 28.4 Å². The van der Waals surface area contributed by atoms with Crippen LogP contribution in [0.25, 0.3) is 0 Å². The second-order valence-corrected chi connectivity index (χ2v) is 5.98. The summed E-state index contributed by atoms with van der Waals surface area (Å²) in [5, 5.41) is 5.67. The van der Waals surface area contributed by atoms with Crippen LogP contribution in [-0.2, 0) is 6.42 Å². The fraction of sp³-hybridized carbons (Fsp3) is 0.400. The lowest BCUT2D eigenvalue weighted by Crippen LogP contribution is -2.08. The smallest absolute Gasteiger partial charge is 0.133 e. The van der Waals surface area contributed by atoms with Crippen molar-refractivity contribution < 1.29 is 0 Å². The molecule has 6 heteroatoms. The Morgan fingerprint density at radius 3 is 2.71 bits per heavy atom. The maximum absolute atomic E-state index is 6.18. The topological polar surface area (TPSA) is 50.7 Å². The molecule has 4 nitrogen and oxygen atoms in total. The van der Waals surface area contributed by atoms with Crippen molar-refractivity contribution in [2.24, 2.45) is 0 Å². The van der Waals surface area contributed by atoms with Gasteiger partial charge in [-0.05, 0) is 37.2 Å². The predicted octanol–water partition coefficient (Wildman–Crippen LogP) is 4.37. The molecule has 0 aliphatic carbocycles. The lowest BCUT2D eigenvalue weighted by atomic mass is 10.3. The van der Waals surface area contributed by atoms with Crippen molar-refractivity contribution in [2.75, 3.05) is 11.9 Å². The lowest BCUT2D eigenvalue weighted by molar-refractivity contribution is 0.860. The van der Waals surface area contributed by atoms with Gasteiger partial charge in [-0.3, -0.25) is 0 Å². The van der Waals surface area contributed by atoms with Crippen LogP contribution < -0.4 is 5.32 Å². The van der Waals surface area contributed by atoms with Crippen LogP contribution in [-0.4, -0.2) is 21.5 Å². The molecular weight excluding hydrogens is 304 g/mol. The normalized spacial score (nSPS) is 10.7. The van der Waals surface area contributed by atoms with Crippen LogP contribution in [0.5, 0.6) is 0 Å². The van der Waals surface area contributed by atoms with Crippen LogP contribution in [0.2, 0.25) is 5.02 Å². The Hall–Kier alpha value is -1.33. The van der Waals surface area contributed by atoms with Crippen molar-refractivity contribution in [3.8, 4) is 0 Å². The minimum absolute atomic E-state index is 0.640. The molecule has 1 N–H and O–H groups in total. The summed E-state index contributed by atoms with van der Waals surface area (Å²) >= 11 is 7.67. The zero-order chi connectivity index (χ0) is 15.2. The Kier molecular flexibility index (Phi) is 5.82. The van der Waals surface area contributed by atoms with Crippen LogP contribution >= 0.6 is 23.4 Å². The van der Waals surface area contributed by atoms with E-state index in [1.165, 1.54) is 11.8 Å². The number of pyridine rings is 1. The molecule has 0 saturated carbocycles. The molecule has 0 aromatic carbocycles. The highest BCUT2D eigenvalue weighted by molar-refractivity contribution is 7.99. The maximum Gasteiger partial charge on any atom is 0.133 e. The van der Waals surface area contributed by atoms with Gasteiger partial charge in [0.1, 0.15) is 21.7 Å². The number of rotatable bonds is 6. The van der Waals surface area contributed by atoms with Gasteiger partial charge < -0.3 is 5.32 Å². The minimum atomic E-state index is 0.640. The van der Waals surface area contributed by atoms with E-state index in [0.29, 0.717) is 5.02 Å². The molecule has 2 aromatic heterocycles. The number of hydrogen-bond donors (Lipinski definition) is 1. The van der Waals surface area contributed by atoms with Gasteiger partial charge in [0.05, 0.1) is 5.02 Å². The van der Waals surface area contributed by atoms with Crippen molar-refractivity contribution in [3.05, 3.63) is 34.7 Å². The molecule has 0 radical (unpaired) electrons. The summed E-state index contributed by atoms with van der Waals surface area (Å²) in [6.45, 7) is 7.11. The molecule has 112 valence electrons. The van der Waals surface area contributed by atoms with Gasteiger partial charge in [-0.15, -0.1) is 0 Å². The fourth-order valence-electron chi connectivity index (χ4n) is 1.75. The quantitative estimate of drug-likeness (QED) is 0.800. The summed E-state index contributed by atoms with van der Waals surface area (Å²) in [5.41, 5.74) is 1.03. The molecule has 0 amide bonds. The summed E-state index contributed by atoms with van der Waals surface area (Å²) in [4.78, 5) is 13.5. The third kappa shape index (κ3) is 4.08. The fourth-order valence-corrected chi connectivity index (χ4v) is 2.85. The van der Waals surface area contributed by atoms with E-state index in [-0.39, 0.29) is 0 Å². The Morgan fingerprint density at radius 2 is 2.05 bits per heavy atom. The number of anilines is 1. The molecule has 2 heterocycles. The molecule has 0 aliphatic rings. The minimum Gasteiger partial charge on any atom is -0.370 e. The van der Waals surface area contributed by atoms with E-state index in [1.54, 1.807) is 6.20 Å². The summed E-state index contributed by atoms with van der Waals surface area (Å²) in [6.07, 6.45) is 3.59. The number of nitrogens with one attached hydrogen (secondary N) is 1. The first kappa shape index (κ1) is 16.0. The number of nitrogens with zero attached hydrogens (tertiary/aromatic N) is 3. The SMILES string of the molecule is CCCNc1nc(CC)nc(Sc2ncccc2Cl)c1C. The summed E-state index contributed by atoms with van der Waals surface area (Å²) in [6, 6.07) is 3.66. The Bertz CT molecular complexity index is 619. The summed E-state index contributed by atoms with van der Waals surface area (Å²) < 4.78 is 0. The first-order valence-electron chi connectivity index (χ1n) is 7.05. The average Bonchev–Trinajstić information content (AvgIpc) is 2.50. The number of aromatic nitrogens is 3. The first-order valence-corrected chi connectivity index (χ1v) is 8.24. The largest absolute Gasteiger partial charge is 0.370 e. The average molecular weight is 323 g/mol. The molecule has 0 atom stereocenters. The van der Waals surface area contributed by atoms with Crippen molar-refractivity contribution in [3.63, 3.8) is 0 Å². The second-order valence-electron chi connectivity index (χ2n) is 4.59. The third-order valence-corrected chi connectivity index (χ3v) is 4.45. The zero-order valence-electron chi connectivity index (χ0n) is 12.5. The molecule has 0 aliphatic heterocycles. The molecular formula is C15H19ClN4S. The number of aryl methyl sites for hydroxylation is 1. The van der Waals surface area contributed by atoms with Crippen molar-refractivity contribution in [1.29, 1.82) is 0 Å². The highest BCUT2D eigenvalue weighted by Crippen LogP contribution is 2.33. The molecule has 0 bridgehead atoms. The van der Waals surface area contributed by atoms with E-state index in [2.05, 4.69) is 34.1 Å². The monoisotopic (exact) mass is 322 g/mol. The first-order chi connectivity index (χ1) is 10.2. The highest BCUT2D eigenvalue weighted by Gasteiger charge is 2.13. The Labute approximate surface area is 134 Å². The van der Waals surface area contributed by atoms with Crippen molar-refractivity contribution >= 4 is 29.2 Å². The van der Waals surface area contributed by atoms with E-state index < -0.39 is 0 Å². The van der Waals surface area contributed by atoms with Gasteiger partial charge in [0.25, 0.3) is 0 Å². The predicted molar refractivity (Wildman–Crippen MR) is 88.3 cm³/mol. The van der Waals surface area contributed by atoms with Gasteiger partial charge in [-0.1, -0.05) is 25.4 Å². The van der Waals surface area contributed by atoms with Crippen LogP contribution in [0.1, 0.15) is 31.7 Å². The van der Waals surface area contributed by atoms with E-state index in [9.17, 15) is 0 Å². The molecule has 2 rings (SSSR count). The van der Waals surface area contributed by atoms with Gasteiger partial charge in [-0.25, -0.2) is 15.0 Å². The summed E-state index contributed by atoms with van der Waals surface area (Å²) in [7, 11) is 0. The Morgan fingerprint density at radius 1 is 1.24 bits per heavy atom. The number of hydrogen-bond acceptors (Lipinski definition) is 5. The number of halogens is 1. The van der Waals surface area contributed by atoms with E-state index in [1.807, 2.05) is 19.1 Å². The van der Waals surface area contributed by atoms with E-state index in [4.69, 9.17) is 11.6 Å². The van der Waals surface area contributed by atoms with Gasteiger partial charge in [0, 0.05) is 24.7 Å². The van der Waals surface area contributed by atoms with E-state index in [0.717, 1.165) is 46.6 Å². The maximum atomic E-state index is 6.18. The standard InChI is InChI=1S/C15H19ClN4S/c1-4-8-17-13-10(3)14(20-12(5-2)19-13)21-15-11(16)7-6-9-18-15/h6-7,9H,4-5,8H2,1-3H3,(H,17,19,20). The molecule has 0 saturated heterocycles. The summed E-state index contributed by atoms with van der Waals surface area (Å²) in [5.74, 6) is 1.73. The Balaban J connectivity index is 2.35. The molecule has 0 fully saturated rings. The van der Waals surface area contributed by atoms with Gasteiger partial charge in [0.15, 0.2) is 0 Å². The molecule has 2 aromatic rings. The van der Waals surface area contributed by atoms with Crippen LogP contribution in [0, 0.1) is 6.92 Å². The van der Waals surface area contributed by atoms with Crippen molar-refractivity contribution in [2.45, 2.75) is 43.7 Å². The van der Waals surface area contributed by atoms with Crippen LogP contribution in [0.3, 0.4) is 0 Å². The zero-order valence-corrected chi connectivity index (χ0v) is 14.1. The second kappa shape index (κ2) is 7.61. The van der Waals surface area contributed by atoms with Gasteiger partial charge >= 0.3 is 0 Å². The molecule has 21 heavy (non-hydrogen) atoms. The molecule has 0 unspecified atom stereocenters. The third-order valence-electron chi connectivity index (χ3n) is 2.92.